The van der Waals surface area contributed by atoms with E-state index in [-0.39, 0.29) is 30.2 Å². The molecule has 0 aliphatic heterocycles. The van der Waals surface area contributed by atoms with Gasteiger partial charge in [0.2, 0.25) is 10.0 Å². The highest BCUT2D eigenvalue weighted by molar-refractivity contribution is 7.89. The molecule has 0 fully saturated rings. The molecule has 0 aliphatic rings. The van der Waals surface area contributed by atoms with Crippen molar-refractivity contribution in [1.82, 2.24) is 10.0 Å². The number of aliphatic carboxylic acids is 1. The molecule has 0 aliphatic carbocycles. The standard InChI is InChI=1S/C22H26ClFN2O6S/c23-17-7-11-19(12-8-17)33(30,31)26-15-13-16-5-9-18(10-6-16)32-21(24)22(29)25-14-3-1-2-4-20(27)28/h5-12,21,26H,1-4,13-15H2,(H,25,29)(H,27,28). The number of rotatable bonds is 14. The van der Waals surface area contributed by atoms with Gasteiger partial charge in [0, 0.05) is 24.5 Å². The van der Waals surface area contributed by atoms with Gasteiger partial charge in [-0.15, -0.1) is 0 Å². The second-order valence-corrected chi connectivity index (χ2v) is 9.38. The van der Waals surface area contributed by atoms with Gasteiger partial charge in [-0.2, -0.15) is 4.39 Å². The fraction of sp³-hybridized carbons (Fsp3) is 0.364. The Morgan fingerprint density at radius 3 is 2.30 bits per heavy atom. The number of sulfonamides is 1. The number of alkyl halides is 1. The molecule has 8 nitrogen and oxygen atoms in total. The molecule has 0 saturated carbocycles. The van der Waals surface area contributed by atoms with Crippen molar-refractivity contribution in [1.29, 1.82) is 0 Å². The molecule has 1 unspecified atom stereocenters. The lowest BCUT2D eigenvalue weighted by molar-refractivity contribution is -0.137. The Kier molecular flexibility index (Phi) is 10.6. The van der Waals surface area contributed by atoms with Gasteiger partial charge in [0.05, 0.1) is 4.90 Å². The number of halogens is 2. The van der Waals surface area contributed by atoms with Crippen LogP contribution in [0.3, 0.4) is 0 Å². The van der Waals surface area contributed by atoms with E-state index in [2.05, 4.69) is 10.0 Å². The average Bonchev–Trinajstić information content (AvgIpc) is 2.77. The summed E-state index contributed by atoms with van der Waals surface area (Å²) in [7, 11) is -3.65. The second kappa shape index (κ2) is 13.1. The summed E-state index contributed by atoms with van der Waals surface area (Å²) in [5.74, 6) is -1.62. The minimum atomic E-state index is -3.65. The molecule has 0 bridgehead atoms. The van der Waals surface area contributed by atoms with Crippen LogP contribution in [0.1, 0.15) is 31.2 Å². The minimum Gasteiger partial charge on any atom is -0.481 e. The van der Waals surface area contributed by atoms with Crippen molar-refractivity contribution in [3.8, 4) is 5.75 Å². The topological polar surface area (TPSA) is 122 Å². The highest BCUT2D eigenvalue weighted by Crippen LogP contribution is 2.16. The van der Waals surface area contributed by atoms with Crippen molar-refractivity contribution >= 4 is 33.5 Å². The van der Waals surface area contributed by atoms with Crippen molar-refractivity contribution in [3.63, 3.8) is 0 Å². The summed E-state index contributed by atoms with van der Waals surface area (Å²) in [4.78, 5) is 22.3. The normalized spacial score (nSPS) is 12.2. The molecule has 0 radical (unpaired) electrons. The van der Waals surface area contributed by atoms with E-state index >= 15 is 0 Å². The molecule has 2 rings (SSSR count). The van der Waals surface area contributed by atoms with E-state index in [0.29, 0.717) is 30.7 Å². The van der Waals surface area contributed by atoms with Crippen LogP contribution in [0, 0.1) is 0 Å². The molecule has 33 heavy (non-hydrogen) atoms. The summed E-state index contributed by atoms with van der Waals surface area (Å²) in [5.41, 5.74) is 0.794. The largest absolute Gasteiger partial charge is 0.481 e. The van der Waals surface area contributed by atoms with Gasteiger partial charge in [0.25, 0.3) is 5.91 Å². The molecule has 2 aromatic rings. The third kappa shape index (κ3) is 9.77. The lowest BCUT2D eigenvalue weighted by atomic mass is 10.1. The molecular formula is C22H26ClFN2O6S. The number of carbonyl (C=O) groups excluding carboxylic acids is 1. The van der Waals surface area contributed by atoms with E-state index in [9.17, 15) is 22.4 Å². The molecule has 1 amide bonds. The molecule has 3 N–H and O–H groups in total. The molecule has 0 spiro atoms. The van der Waals surface area contributed by atoms with Crippen LogP contribution < -0.4 is 14.8 Å². The van der Waals surface area contributed by atoms with Gasteiger partial charge in [0.15, 0.2) is 0 Å². The Bertz CT molecular complexity index is 1020. The van der Waals surface area contributed by atoms with E-state index in [1.54, 1.807) is 12.1 Å². The fourth-order valence-electron chi connectivity index (χ4n) is 2.80. The van der Waals surface area contributed by atoms with E-state index in [1.807, 2.05) is 0 Å². The maximum Gasteiger partial charge on any atom is 0.316 e. The molecule has 180 valence electrons. The SMILES string of the molecule is O=C(O)CCCCCNC(=O)C(F)Oc1ccc(CCNS(=O)(=O)c2ccc(Cl)cc2)cc1. The van der Waals surface area contributed by atoms with Crippen LogP contribution in [0.2, 0.25) is 5.02 Å². The Labute approximate surface area is 197 Å². The molecular weight excluding hydrogens is 475 g/mol. The van der Waals surface area contributed by atoms with Crippen LogP contribution in [0.4, 0.5) is 4.39 Å². The fourth-order valence-corrected chi connectivity index (χ4v) is 3.96. The van der Waals surface area contributed by atoms with Gasteiger partial charge >= 0.3 is 12.3 Å². The van der Waals surface area contributed by atoms with Crippen LogP contribution in [-0.2, 0) is 26.0 Å². The van der Waals surface area contributed by atoms with Gasteiger partial charge < -0.3 is 15.2 Å². The molecule has 0 aromatic heterocycles. The zero-order chi connectivity index (χ0) is 24.3. The van der Waals surface area contributed by atoms with Crippen molar-refractivity contribution in [2.45, 2.75) is 43.4 Å². The summed E-state index contributed by atoms with van der Waals surface area (Å²) in [6, 6.07) is 12.1. The molecule has 0 heterocycles. The highest BCUT2D eigenvalue weighted by Gasteiger charge is 2.18. The number of unbranched alkanes of at least 4 members (excludes halogenated alkanes) is 2. The van der Waals surface area contributed by atoms with Gasteiger partial charge in [0.1, 0.15) is 5.75 Å². The van der Waals surface area contributed by atoms with E-state index in [1.165, 1.54) is 36.4 Å². The van der Waals surface area contributed by atoms with Crippen LogP contribution in [0.15, 0.2) is 53.4 Å². The number of carbonyl (C=O) groups is 2. The van der Waals surface area contributed by atoms with Gasteiger partial charge in [-0.05, 0) is 61.2 Å². The first-order valence-corrected chi connectivity index (χ1v) is 12.2. The number of benzene rings is 2. The van der Waals surface area contributed by atoms with Crippen molar-refractivity contribution in [2.24, 2.45) is 0 Å². The molecule has 11 heteroatoms. The summed E-state index contributed by atoms with van der Waals surface area (Å²) < 4.78 is 46.0. The summed E-state index contributed by atoms with van der Waals surface area (Å²) in [5, 5.41) is 11.4. The summed E-state index contributed by atoms with van der Waals surface area (Å²) >= 11 is 5.77. The number of amides is 1. The zero-order valence-electron chi connectivity index (χ0n) is 17.8. The van der Waals surface area contributed by atoms with Crippen LogP contribution in [0.5, 0.6) is 5.75 Å². The maximum atomic E-state index is 14.0. The smallest absolute Gasteiger partial charge is 0.316 e. The van der Waals surface area contributed by atoms with Crippen LogP contribution >= 0.6 is 11.6 Å². The minimum absolute atomic E-state index is 0.0625. The Balaban J connectivity index is 1.71. The molecule has 0 saturated heterocycles. The maximum absolute atomic E-state index is 14.0. The van der Waals surface area contributed by atoms with Gasteiger partial charge in [-0.3, -0.25) is 9.59 Å². The Hall–Kier alpha value is -2.69. The zero-order valence-corrected chi connectivity index (χ0v) is 19.4. The van der Waals surface area contributed by atoms with Crippen molar-refractivity contribution in [2.75, 3.05) is 13.1 Å². The predicted octanol–water partition coefficient (Wildman–Crippen LogP) is 3.30. The summed E-state index contributed by atoms with van der Waals surface area (Å²) in [6.45, 7) is 0.388. The quantitative estimate of drug-likeness (QED) is 0.342. The number of nitrogens with one attached hydrogen (secondary N) is 2. The Morgan fingerprint density at radius 1 is 1.00 bits per heavy atom. The molecule has 2 aromatic carbocycles. The first-order valence-electron chi connectivity index (χ1n) is 10.3. The highest BCUT2D eigenvalue weighted by atomic mass is 35.5. The number of carboxylic acid groups (broad SMARTS) is 1. The van der Waals surface area contributed by atoms with Crippen molar-refractivity contribution < 1.29 is 32.2 Å². The van der Waals surface area contributed by atoms with Crippen LogP contribution in [-0.4, -0.2) is 44.8 Å². The molecule has 1 atom stereocenters. The van der Waals surface area contributed by atoms with E-state index < -0.39 is 28.3 Å². The number of hydrogen-bond donors (Lipinski definition) is 3. The lowest BCUT2D eigenvalue weighted by Gasteiger charge is -2.12. The number of carboxylic acids is 1. The number of hydrogen-bond acceptors (Lipinski definition) is 5. The number of ether oxygens (including phenoxy) is 1. The lowest BCUT2D eigenvalue weighted by Crippen LogP contribution is -2.36. The third-order valence-electron chi connectivity index (χ3n) is 4.57. The first-order chi connectivity index (χ1) is 15.7. The summed E-state index contributed by atoms with van der Waals surface area (Å²) in [6.07, 6.45) is -0.0673. The monoisotopic (exact) mass is 500 g/mol. The van der Waals surface area contributed by atoms with Gasteiger partial charge in [-0.25, -0.2) is 13.1 Å². The van der Waals surface area contributed by atoms with Gasteiger partial charge in [-0.1, -0.05) is 30.2 Å². The Morgan fingerprint density at radius 2 is 1.67 bits per heavy atom. The van der Waals surface area contributed by atoms with E-state index in [0.717, 1.165) is 5.56 Å². The van der Waals surface area contributed by atoms with E-state index in [4.69, 9.17) is 21.4 Å². The van der Waals surface area contributed by atoms with Crippen LogP contribution in [0.25, 0.3) is 0 Å². The average molecular weight is 501 g/mol. The first kappa shape index (κ1) is 26.6. The predicted molar refractivity (Wildman–Crippen MR) is 121 cm³/mol. The van der Waals surface area contributed by atoms with Crippen molar-refractivity contribution in [3.05, 3.63) is 59.1 Å². The third-order valence-corrected chi connectivity index (χ3v) is 6.29. The second-order valence-electron chi connectivity index (χ2n) is 7.17.